The molecule has 0 amide bonds. The lowest BCUT2D eigenvalue weighted by atomic mass is 10.2. The first kappa shape index (κ1) is 12.9. The summed E-state index contributed by atoms with van der Waals surface area (Å²) in [5.74, 6) is 0. The summed E-state index contributed by atoms with van der Waals surface area (Å²) in [7, 11) is 3.98. The third-order valence-corrected chi connectivity index (χ3v) is 2.08. The van der Waals surface area contributed by atoms with E-state index in [1.54, 1.807) is 13.1 Å². The molecular weight excluding hydrogens is 216 g/mol. The van der Waals surface area contributed by atoms with Crippen LogP contribution in [0, 0.1) is 0 Å². The molecule has 1 N–H and O–H groups in total. The maximum atomic E-state index is 8.27. The lowest BCUT2D eigenvalue weighted by Crippen LogP contribution is -2.08. The van der Waals surface area contributed by atoms with Crippen molar-refractivity contribution in [2.75, 3.05) is 19.0 Å². The van der Waals surface area contributed by atoms with Gasteiger partial charge in [0.1, 0.15) is 0 Å². The monoisotopic (exact) mass is 232 g/mol. The van der Waals surface area contributed by atoms with E-state index >= 15 is 0 Å². The van der Waals surface area contributed by atoms with Crippen LogP contribution in [0.25, 0.3) is 0 Å². The minimum Gasteiger partial charge on any atom is -0.411 e. The van der Waals surface area contributed by atoms with Crippen molar-refractivity contribution in [3.05, 3.63) is 29.8 Å². The van der Waals surface area contributed by atoms with E-state index < -0.39 is 0 Å². The molecule has 0 aliphatic heterocycles. The number of hydrogen-bond donors (Lipinski definition) is 1. The topological polar surface area (TPSA) is 60.6 Å². The van der Waals surface area contributed by atoms with Crippen molar-refractivity contribution in [1.82, 2.24) is 0 Å². The first-order chi connectivity index (χ1) is 8.13. The minimum absolute atomic E-state index is 0.536. The highest BCUT2D eigenvalue weighted by atomic mass is 16.4. The van der Waals surface area contributed by atoms with Crippen molar-refractivity contribution >= 4 is 23.8 Å². The van der Waals surface area contributed by atoms with Crippen LogP contribution in [0.4, 0.5) is 5.69 Å². The Hall–Kier alpha value is -2.17. The van der Waals surface area contributed by atoms with Gasteiger partial charge in [-0.15, -0.1) is 0 Å². The lowest BCUT2D eigenvalue weighted by molar-refractivity contribution is 0.322. The number of oxime groups is 1. The standard InChI is InChI=1S/C12H16N4O/c1-10(8-14-17)15-13-9-11-4-6-12(7-5-11)16(2)3/h4-9,17H,1-3H3/b13-9+,14-8+,15-10-. The average molecular weight is 232 g/mol. The molecule has 0 heterocycles. The van der Waals surface area contributed by atoms with Gasteiger partial charge in [-0.25, -0.2) is 0 Å². The van der Waals surface area contributed by atoms with Gasteiger partial charge in [-0.05, 0) is 24.6 Å². The molecule has 0 aliphatic rings. The van der Waals surface area contributed by atoms with Gasteiger partial charge >= 0.3 is 0 Å². The fourth-order valence-corrected chi connectivity index (χ4v) is 1.15. The first-order valence-corrected chi connectivity index (χ1v) is 5.16. The summed E-state index contributed by atoms with van der Waals surface area (Å²) >= 11 is 0. The highest BCUT2D eigenvalue weighted by molar-refractivity contribution is 6.29. The predicted octanol–water partition coefficient (Wildman–Crippen LogP) is 2.01. The molecule has 5 heteroatoms. The smallest absolute Gasteiger partial charge is 0.0892 e. The Kier molecular flexibility index (Phi) is 4.87. The molecule has 0 radical (unpaired) electrons. The molecule has 90 valence electrons. The van der Waals surface area contributed by atoms with E-state index in [1.165, 1.54) is 6.21 Å². The number of benzene rings is 1. The number of anilines is 1. The highest BCUT2D eigenvalue weighted by Crippen LogP contribution is 2.10. The summed E-state index contributed by atoms with van der Waals surface area (Å²) in [6.07, 6.45) is 2.88. The minimum atomic E-state index is 0.536. The first-order valence-electron chi connectivity index (χ1n) is 5.16. The molecule has 0 unspecified atom stereocenters. The zero-order valence-electron chi connectivity index (χ0n) is 10.2. The number of rotatable bonds is 4. The summed E-state index contributed by atoms with van der Waals surface area (Å²) in [5.41, 5.74) is 2.64. The number of hydrogen-bond acceptors (Lipinski definition) is 5. The number of nitrogens with zero attached hydrogens (tertiary/aromatic N) is 4. The molecule has 1 rings (SSSR count). The molecule has 0 atom stereocenters. The molecule has 0 spiro atoms. The molecule has 17 heavy (non-hydrogen) atoms. The van der Waals surface area contributed by atoms with E-state index in [0.29, 0.717) is 5.71 Å². The van der Waals surface area contributed by atoms with E-state index in [9.17, 15) is 0 Å². The second-order valence-electron chi connectivity index (χ2n) is 3.72. The van der Waals surface area contributed by atoms with E-state index in [2.05, 4.69) is 15.4 Å². The van der Waals surface area contributed by atoms with Gasteiger partial charge in [0.2, 0.25) is 0 Å². The van der Waals surface area contributed by atoms with Crippen molar-refractivity contribution in [1.29, 1.82) is 0 Å². The predicted molar refractivity (Wildman–Crippen MR) is 71.8 cm³/mol. The zero-order valence-corrected chi connectivity index (χ0v) is 10.2. The van der Waals surface area contributed by atoms with Gasteiger partial charge in [0.25, 0.3) is 0 Å². The molecule has 1 aromatic rings. The van der Waals surface area contributed by atoms with Crippen molar-refractivity contribution < 1.29 is 5.21 Å². The maximum absolute atomic E-state index is 8.27. The summed E-state index contributed by atoms with van der Waals surface area (Å²) in [4.78, 5) is 2.03. The van der Waals surface area contributed by atoms with Gasteiger partial charge in [-0.3, -0.25) is 0 Å². The van der Waals surface area contributed by atoms with Crippen LogP contribution in [0.1, 0.15) is 12.5 Å². The third-order valence-electron chi connectivity index (χ3n) is 2.08. The van der Waals surface area contributed by atoms with Crippen LogP contribution in [-0.2, 0) is 0 Å². The molecule has 0 fully saturated rings. The summed E-state index contributed by atoms with van der Waals surface area (Å²) in [6.45, 7) is 1.70. The van der Waals surface area contributed by atoms with Gasteiger partial charge in [0.15, 0.2) is 0 Å². The van der Waals surface area contributed by atoms with Crippen molar-refractivity contribution in [3.8, 4) is 0 Å². The van der Waals surface area contributed by atoms with Gasteiger partial charge in [-0.1, -0.05) is 17.3 Å². The van der Waals surface area contributed by atoms with E-state index in [4.69, 9.17) is 5.21 Å². The van der Waals surface area contributed by atoms with Crippen LogP contribution in [-0.4, -0.2) is 37.4 Å². The van der Waals surface area contributed by atoms with Crippen LogP contribution >= 0.6 is 0 Å². The second-order valence-corrected chi connectivity index (χ2v) is 3.72. The van der Waals surface area contributed by atoms with Crippen LogP contribution in [0.3, 0.4) is 0 Å². The molecule has 5 nitrogen and oxygen atoms in total. The van der Waals surface area contributed by atoms with Crippen LogP contribution < -0.4 is 4.90 Å². The average Bonchev–Trinajstić information content (AvgIpc) is 2.30. The zero-order chi connectivity index (χ0) is 12.7. The van der Waals surface area contributed by atoms with Crippen LogP contribution in [0.2, 0.25) is 0 Å². The molecule has 0 saturated heterocycles. The van der Waals surface area contributed by atoms with Crippen molar-refractivity contribution in [3.63, 3.8) is 0 Å². The Morgan fingerprint density at radius 2 is 1.88 bits per heavy atom. The van der Waals surface area contributed by atoms with Crippen molar-refractivity contribution in [2.45, 2.75) is 6.92 Å². The van der Waals surface area contributed by atoms with Gasteiger partial charge in [0.05, 0.1) is 18.1 Å². The molecule has 0 bridgehead atoms. The Morgan fingerprint density at radius 1 is 1.24 bits per heavy atom. The fourth-order valence-electron chi connectivity index (χ4n) is 1.15. The van der Waals surface area contributed by atoms with E-state index in [1.807, 2.05) is 43.3 Å². The van der Waals surface area contributed by atoms with Crippen LogP contribution in [0.15, 0.2) is 39.6 Å². The Balaban J connectivity index is 2.69. The maximum Gasteiger partial charge on any atom is 0.0892 e. The third kappa shape index (κ3) is 4.46. The Labute approximate surface area is 101 Å². The van der Waals surface area contributed by atoms with Crippen LogP contribution in [0.5, 0.6) is 0 Å². The van der Waals surface area contributed by atoms with Gasteiger partial charge < -0.3 is 10.1 Å². The SMILES string of the molecule is CC(/C=N/O)=N/N=C/c1ccc(N(C)C)cc1. The Morgan fingerprint density at radius 3 is 2.41 bits per heavy atom. The highest BCUT2D eigenvalue weighted by Gasteiger charge is 1.93. The largest absolute Gasteiger partial charge is 0.411 e. The molecular formula is C12H16N4O. The summed E-state index contributed by atoms with van der Waals surface area (Å²) in [6, 6.07) is 7.94. The van der Waals surface area contributed by atoms with Gasteiger partial charge in [0, 0.05) is 19.8 Å². The van der Waals surface area contributed by atoms with E-state index in [0.717, 1.165) is 11.3 Å². The molecule has 0 aliphatic carbocycles. The summed E-state index contributed by atoms with van der Waals surface area (Å²) in [5, 5.41) is 18.8. The van der Waals surface area contributed by atoms with Crippen molar-refractivity contribution in [2.24, 2.45) is 15.4 Å². The molecule has 0 aromatic heterocycles. The van der Waals surface area contributed by atoms with E-state index in [-0.39, 0.29) is 0 Å². The lowest BCUT2D eigenvalue weighted by Gasteiger charge is -2.11. The quantitative estimate of drug-likeness (QED) is 0.490. The normalized spacial score (nSPS) is 12.5. The fraction of sp³-hybridized carbons (Fsp3) is 0.250. The second kappa shape index (κ2) is 6.42. The van der Waals surface area contributed by atoms with Gasteiger partial charge in [-0.2, -0.15) is 10.2 Å². The molecule has 0 saturated carbocycles. The summed E-state index contributed by atoms with van der Waals surface area (Å²) < 4.78 is 0. The molecule has 1 aromatic carbocycles. The Bertz CT molecular complexity index is 432.